The van der Waals surface area contributed by atoms with Crippen molar-refractivity contribution in [1.82, 2.24) is 5.32 Å². The Morgan fingerprint density at radius 1 is 0.500 bits per heavy atom. The quantitative estimate of drug-likeness (QED) is 0.0830. The van der Waals surface area contributed by atoms with Gasteiger partial charge >= 0.3 is 12.1 Å². The molecule has 44 heavy (non-hydrogen) atoms. The lowest BCUT2D eigenvalue weighted by Crippen LogP contribution is -2.34. The molecule has 0 heterocycles. The van der Waals surface area contributed by atoms with Crippen molar-refractivity contribution in [3.05, 3.63) is 0 Å². The van der Waals surface area contributed by atoms with E-state index in [-0.39, 0.29) is 12.6 Å². The molecule has 0 aliphatic rings. The molecule has 0 bridgehead atoms. The van der Waals surface area contributed by atoms with Crippen LogP contribution in [0.5, 0.6) is 0 Å². The number of nitrogens with one attached hydrogen (secondary N) is 1. The average molecular weight is 640 g/mol. The zero-order valence-electron chi connectivity index (χ0n) is 27.9. The van der Waals surface area contributed by atoms with Crippen LogP contribution in [0.25, 0.3) is 0 Å². The standard InChI is InChI=1S/C31H61NO12/c1-5-6-7-8-9-10-29(33)43-28-27-42-26-25-41-24-23-40-22-21-39-20-19-38-18-17-37-16-15-36-14-13-35-12-11-32-30(34)44-31(2,3)4/h5-28H2,1-4H3,(H,32,34). The highest BCUT2D eigenvalue weighted by Gasteiger charge is 2.15. The zero-order chi connectivity index (χ0) is 32.4. The Labute approximate surface area is 265 Å². The van der Waals surface area contributed by atoms with Gasteiger partial charge in [-0.05, 0) is 27.2 Å². The van der Waals surface area contributed by atoms with Crippen LogP contribution in [0, 0.1) is 0 Å². The van der Waals surface area contributed by atoms with E-state index >= 15 is 0 Å². The van der Waals surface area contributed by atoms with Crippen LogP contribution in [-0.2, 0) is 52.2 Å². The first-order valence-electron chi connectivity index (χ1n) is 16.1. The molecule has 0 aromatic heterocycles. The van der Waals surface area contributed by atoms with Crippen molar-refractivity contribution in [1.29, 1.82) is 0 Å². The molecule has 13 nitrogen and oxygen atoms in total. The van der Waals surface area contributed by atoms with Gasteiger partial charge in [-0.1, -0.05) is 32.6 Å². The highest BCUT2D eigenvalue weighted by atomic mass is 16.6. The summed E-state index contributed by atoms with van der Waals surface area (Å²) in [5.41, 5.74) is -0.512. The van der Waals surface area contributed by atoms with E-state index in [9.17, 15) is 9.59 Å². The summed E-state index contributed by atoms with van der Waals surface area (Å²) in [4.78, 5) is 23.1. The molecule has 0 aromatic carbocycles. The van der Waals surface area contributed by atoms with Gasteiger partial charge in [0, 0.05) is 13.0 Å². The molecule has 0 atom stereocenters. The fraction of sp³-hybridized carbons (Fsp3) is 0.935. The number of esters is 1. The van der Waals surface area contributed by atoms with Gasteiger partial charge in [0.2, 0.25) is 0 Å². The van der Waals surface area contributed by atoms with Gasteiger partial charge in [0.15, 0.2) is 0 Å². The van der Waals surface area contributed by atoms with Gasteiger partial charge in [-0.15, -0.1) is 0 Å². The van der Waals surface area contributed by atoms with Gasteiger partial charge in [-0.2, -0.15) is 0 Å². The summed E-state index contributed by atoms with van der Waals surface area (Å²) < 4.78 is 53.8. The van der Waals surface area contributed by atoms with E-state index in [0.717, 1.165) is 12.8 Å². The highest BCUT2D eigenvalue weighted by molar-refractivity contribution is 5.69. The molecule has 0 rings (SSSR count). The first-order chi connectivity index (χ1) is 21.3. The van der Waals surface area contributed by atoms with Crippen molar-refractivity contribution in [3.8, 4) is 0 Å². The lowest BCUT2D eigenvalue weighted by Gasteiger charge is -2.19. The summed E-state index contributed by atoms with van der Waals surface area (Å²) in [6.45, 7) is 15.7. The largest absolute Gasteiger partial charge is 0.463 e. The van der Waals surface area contributed by atoms with E-state index < -0.39 is 11.7 Å². The molecule has 1 amide bonds. The number of rotatable bonds is 33. The van der Waals surface area contributed by atoms with Crippen LogP contribution in [0.2, 0.25) is 0 Å². The maximum absolute atomic E-state index is 11.6. The summed E-state index contributed by atoms with van der Waals surface area (Å²) in [5.74, 6) is -0.151. The van der Waals surface area contributed by atoms with Crippen LogP contribution in [0.1, 0.15) is 66.2 Å². The van der Waals surface area contributed by atoms with Crippen molar-refractivity contribution < 1.29 is 57.0 Å². The maximum Gasteiger partial charge on any atom is 0.407 e. The topological polar surface area (TPSA) is 138 Å². The third-order valence-corrected chi connectivity index (χ3v) is 5.49. The van der Waals surface area contributed by atoms with E-state index in [2.05, 4.69) is 12.2 Å². The summed E-state index contributed by atoms with van der Waals surface area (Å²) in [5, 5.41) is 2.63. The molecule has 0 fully saturated rings. The van der Waals surface area contributed by atoms with Crippen LogP contribution < -0.4 is 5.32 Å². The van der Waals surface area contributed by atoms with Gasteiger partial charge in [-0.25, -0.2) is 4.79 Å². The fourth-order valence-electron chi connectivity index (χ4n) is 3.34. The third-order valence-electron chi connectivity index (χ3n) is 5.49. The Kier molecular flexibility index (Phi) is 31.6. The smallest absolute Gasteiger partial charge is 0.407 e. The SMILES string of the molecule is CCCCCCCC(=O)OCCOCCOCCOCCOCCOCCOCCOCCOCCNC(=O)OC(C)(C)C. The number of unbranched alkanes of at least 4 members (excludes halogenated alkanes) is 4. The second kappa shape index (κ2) is 32.8. The predicted octanol–water partition coefficient (Wildman–Crippen LogP) is 3.55. The van der Waals surface area contributed by atoms with Crippen LogP contribution in [0.3, 0.4) is 0 Å². The van der Waals surface area contributed by atoms with E-state index in [0.29, 0.717) is 119 Å². The van der Waals surface area contributed by atoms with Gasteiger partial charge in [0.05, 0.1) is 106 Å². The van der Waals surface area contributed by atoms with E-state index in [1.165, 1.54) is 19.3 Å². The predicted molar refractivity (Wildman–Crippen MR) is 165 cm³/mol. The lowest BCUT2D eigenvalue weighted by molar-refractivity contribution is -0.145. The maximum atomic E-state index is 11.6. The number of hydrogen-bond acceptors (Lipinski definition) is 12. The van der Waals surface area contributed by atoms with Crippen molar-refractivity contribution in [2.24, 2.45) is 0 Å². The normalized spacial score (nSPS) is 11.5. The monoisotopic (exact) mass is 639 g/mol. The van der Waals surface area contributed by atoms with Crippen LogP contribution >= 0.6 is 0 Å². The molecule has 0 aliphatic carbocycles. The Balaban J connectivity index is 3.14. The second-order valence-electron chi connectivity index (χ2n) is 10.7. The Morgan fingerprint density at radius 2 is 0.864 bits per heavy atom. The van der Waals surface area contributed by atoms with E-state index in [1.54, 1.807) is 0 Å². The summed E-state index contributed by atoms with van der Waals surface area (Å²) in [6, 6.07) is 0. The molecule has 13 heteroatoms. The van der Waals surface area contributed by atoms with E-state index in [1.807, 2.05) is 20.8 Å². The lowest BCUT2D eigenvalue weighted by atomic mass is 10.1. The zero-order valence-corrected chi connectivity index (χ0v) is 27.9. The molecule has 0 saturated heterocycles. The number of hydrogen-bond donors (Lipinski definition) is 1. The summed E-state index contributed by atoms with van der Waals surface area (Å²) in [7, 11) is 0. The number of carbonyl (C=O) groups is 2. The number of alkyl carbamates (subject to hydrolysis) is 1. The molecule has 0 unspecified atom stereocenters. The molecule has 0 spiro atoms. The molecular weight excluding hydrogens is 578 g/mol. The van der Waals surface area contributed by atoms with Gasteiger partial charge < -0.3 is 52.7 Å². The second-order valence-corrected chi connectivity index (χ2v) is 10.7. The first-order valence-corrected chi connectivity index (χ1v) is 16.1. The molecule has 1 N–H and O–H groups in total. The molecule has 0 aliphatic heterocycles. The minimum atomic E-state index is -0.512. The van der Waals surface area contributed by atoms with Crippen LogP contribution in [-0.4, -0.2) is 137 Å². The molecule has 0 aromatic rings. The minimum absolute atomic E-state index is 0.151. The Morgan fingerprint density at radius 3 is 1.25 bits per heavy atom. The number of amides is 1. The molecule has 0 radical (unpaired) electrons. The van der Waals surface area contributed by atoms with Gasteiger partial charge in [0.1, 0.15) is 12.2 Å². The van der Waals surface area contributed by atoms with Crippen LogP contribution in [0.15, 0.2) is 0 Å². The fourth-order valence-corrected chi connectivity index (χ4v) is 3.34. The molecule has 262 valence electrons. The van der Waals surface area contributed by atoms with E-state index in [4.69, 9.17) is 47.4 Å². The summed E-state index contributed by atoms with van der Waals surface area (Å²) in [6.07, 6.45) is 5.61. The Bertz CT molecular complexity index is 633. The van der Waals surface area contributed by atoms with Crippen molar-refractivity contribution in [3.63, 3.8) is 0 Å². The summed E-state index contributed by atoms with van der Waals surface area (Å²) >= 11 is 0. The van der Waals surface area contributed by atoms with Crippen molar-refractivity contribution in [2.75, 3.05) is 119 Å². The number of carbonyl (C=O) groups excluding carboxylic acids is 2. The molecular formula is C31H61NO12. The van der Waals surface area contributed by atoms with Gasteiger partial charge in [-0.3, -0.25) is 4.79 Å². The number of ether oxygens (including phenoxy) is 10. The average Bonchev–Trinajstić information content (AvgIpc) is 2.97. The van der Waals surface area contributed by atoms with Crippen LogP contribution in [0.4, 0.5) is 4.79 Å². The molecule has 0 saturated carbocycles. The Hall–Kier alpha value is -1.58. The van der Waals surface area contributed by atoms with Crippen molar-refractivity contribution >= 4 is 12.1 Å². The van der Waals surface area contributed by atoms with Crippen molar-refractivity contribution in [2.45, 2.75) is 71.8 Å². The first kappa shape index (κ1) is 42.4. The third kappa shape index (κ3) is 36.6. The minimum Gasteiger partial charge on any atom is -0.463 e. The highest BCUT2D eigenvalue weighted by Crippen LogP contribution is 2.06. The van der Waals surface area contributed by atoms with Gasteiger partial charge in [0.25, 0.3) is 0 Å².